The van der Waals surface area contributed by atoms with Crippen LogP contribution < -0.4 is 4.90 Å². The van der Waals surface area contributed by atoms with Gasteiger partial charge in [-0.25, -0.2) is 4.39 Å². The van der Waals surface area contributed by atoms with E-state index in [0.29, 0.717) is 28.0 Å². The van der Waals surface area contributed by atoms with E-state index in [9.17, 15) is 18.8 Å². The molecule has 152 valence electrons. The number of anilines is 1. The number of hydrogen-bond acceptors (Lipinski definition) is 3. The van der Waals surface area contributed by atoms with Gasteiger partial charge in [-0.15, -0.1) is 0 Å². The van der Waals surface area contributed by atoms with Crippen LogP contribution in [0.4, 0.5) is 10.1 Å². The third-order valence-electron chi connectivity index (χ3n) is 6.16. The zero-order chi connectivity index (χ0) is 21.8. The van der Waals surface area contributed by atoms with E-state index < -0.39 is 22.8 Å². The van der Waals surface area contributed by atoms with E-state index in [4.69, 9.17) is 0 Å². The zero-order valence-corrected chi connectivity index (χ0v) is 16.8. The van der Waals surface area contributed by atoms with Crippen molar-refractivity contribution in [3.05, 3.63) is 107 Å². The van der Waals surface area contributed by atoms with Gasteiger partial charge in [0.25, 0.3) is 0 Å². The topological polar surface area (TPSA) is 54.5 Å². The van der Waals surface area contributed by atoms with Gasteiger partial charge in [-0.05, 0) is 34.9 Å². The Balaban J connectivity index is 1.85. The van der Waals surface area contributed by atoms with Crippen LogP contribution in [0.3, 0.4) is 0 Å². The lowest BCUT2D eigenvalue weighted by molar-refractivity contribution is -0.124. The van der Waals surface area contributed by atoms with Crippen LogP contribution in [0.15, 0.2) is 84.4 Å². The van der Waals surface area contributed by atoms with Gasteiger partial charge in [-0.2, -0.15) is 0 Å². The van der Waals surface area contributed by atoms with Crippen LogP contribution in [0.2, 0.25) is 0 Å². The van der Waals surface area contributed by atoms with Crippen molar-refractivity contribution in [2.24, 2.45) is 0 Å². The number of likely N-dealkylation sites (N-methyl/N-ethyl adjacent to an activating group) is 1. The van der Waals surface area contributed by atoms with Crippen LogP contribution in [0.25, 0.3) is 5.57 Å². The van der Waals surface area contributed by atoms with Crippen LogP contribution in [0.5, 0.6) is 0 Å². The average Bonchev–Trinajstić information content (AvgIpc) is 3.21. The Hall–Kier alpha value is -3.86. The summed E-state index contributed by atoms with van der Waals surface area (Å²) >= 11 is 0. The third kappa shape index (κ3) is 2.63. The number of carbonyl (C=O) groups is 3. The molecule has 0 bridgehead atoms. The predicted molar refractivity (Wildman–Crippen MR) is 115 cm³/mol. The number of nitrogens with zero attached hydrogens (tertiary/aromatic N) is 1. The number of Topliss-reactive ketones (excluding diaryl/α,β-unsaturated/α-hetero) is 2. The first-order chi connectivity index (χ1) is 14.9. The second-order valence-corrected chi connectivity index (χ2v) is 7.84. The molecule has 1 amide bonds. The number of amides is 1. The molecule has 0 saturated heterocycles. The molecule has 1 aliphatic heterocycles. The molecule has 31 heavy (non-hydrogen) atoms. The summed E-state index contributed by atoms with van der Waals surface area (Å²) < 4.78 is 14.3. The normalized spacial score (nSPS) is 20.0. The molecule has 1 heterocycles. The van der Waals surface area contributed by atoms with Gasteiger partial charge in [0.15, 0.2) is 11.6 Å². The highest BCUT2D eigenvalue weighted by molar-refractivity contribution is 6.38. The van der Waals surface area contributed by atoms with E-state index in [1.807, 2.05) is 6.07 Å². The molecule has 1 spiro atoms. The Morgan fingerprint density at radius 2 is 1.58 bits per heavy atom. The van der Waals surface area contributed by atoms with E-state index in [-0.39, 0.29) is 17.9 Å². The number of fused-ring (bicyclic) bond motifs is 2. The second-order valence-electron chi connectivity index (χ2n) is 7.84. The molecule has 5 rings (SSSR count). The monoisotopic (exact) mass is 411 g/mol. The van der Waals surface area contributed by atoms with E-state index in [0.717, 1.165) is 0 Å². The van der Waals surface area contributed by atoms with Crippen LogP contribution in [0, 0.1) is 5.82 Å². The minimum absolute atomic E-state index is 0.00346. The van der Waals surface area contributed by atoms with E-state index >= 15 is 0 Å². The van der Waals surface area contributed by atoms with Gasteiger partial charge in [-0.3, -0.25) is 14.4 Å². The number of rotatable bonds is 3. The molecule has 1 atom stereocenters. The molecule has 2 aliphatic rings. The maximum Gasteiger partial charge on any atom is 0.242 e. The van der Waals surface area contributed by atoms with Crippen molar-refractivity contribution in [2.75, 3.05) is 11.9 Å². The summed E-state index contributed by atoms with van der Waals surface area (Å²) in [6.45, 7) is 0. The minimum Gasteiger partial charge on any atom is -0.314 e. The quantitative estimate of drug-likeness (QED) is 0.476. The highest BCUT2D eigenvalue weighted by Crippen LogP contribution is 2.56. The Morgan fingerprint density at radius 3 is 2.26 bits per heavy atom. The van der Waals surface area contributed by atoms with Crippen molar-refractivity contribution >= 4 is 28.7 Å². The summed E-state index contributed by atoms with van der Waals surface area (Å²) in [6, 6.07) is 21.6. The Bertz CT molecular complexity index is 1280. The van der Waals surface area contributed by atoms with Crippen LogP contribution >= 0.6 is 0 Å². The summed E-state index contributed by atoms with van der Waals surface area (Å²) in [5, 5.41) is 0. The van der Waals surface area contributed by atoms with Gasteiger partial charge in [0, 0.05) is 24.7 Å². The number of hydrogen-bond donors (Lipinski definition) is 0. The maximum absolute atomic E-state index is 14.3. The minimum atomic E-state index is -1.43. The van der Waals surface area contributed by atoms with Crippen molar-refractivity contribution < 1.29 is 18.8 Å². The molecule has 0 saturated carbocycles. The van der Waals surface area contributed by atoms with Crippen molar-refractivity contribution in [2.45, 2.75) is 11.8 Å². The maximum atomic E-state index is 14.3. The molecular formula is C26H18FNO3. The van der Waals surface area contributed by atoms with Gasteiger partial charge >= 0.3 is 0 Å². The number of ketones is 2. The number of benzene rings is 3. The number of allylic oxidation sites excluding steroid dienone is 1. The first kappa shape index (κ1) is 19.1. The van der Waals surface area contributed by atoms with Crippen LogP contribution in [-0.2, 0) is 15.0 Å². The average molecular weight is 411 g/mol. The highest BCUT2D eigenvalue weighted by atomic mass is 19.1. The lowest BCUT2D eigenvalue weighted by Gasteiger charge is -2.26. The lowest BCUT2D eigenvalue weighted by Crippen LogP contribution is -2.38. The smallest absolute Gasteiger partial charge is 0.242 e. The van der Waals surface area contributed by atoms with Crippen molar-refractivity contribution in [3.63, 3.8) is 0 Å². The largest absolute Gasteiger partial charge is 0.314 e. The summed E-state index contributed by atoms with van der Waals surface area (Å²) in [5.41, 5.74) is 0.860. The summed E-state index contributed by atoms with van der Waals surface area (Å²) in [7, 11) is 1.61. The fourth-order valence-electron chi connectivity index (χ4n) is 4.81. The molecule has 0 fully saturated rings. The van der Waals surface area contributed by atoms with Gasteiger partial charge in [0.1, 0.15) is 11.2 Å². The van der Waals surface area contributed by atoms with E-state index in [2.05, 4.69) is 0 Å². The molecule has 5 heteroatoms. The van der Waals surface area contributed by atoms with Crippen molar-refractivity contribution in [1.82, 2.24) is 0 Å². The van der Waals surface area contributed by atoms with E-state index in [1.54, 1.807) is 67.7 Å². The molecule has 0 radical (unpaired) electrons. The number of carbonyl (C=O) groups excluding carboxylic acids is 3. The molecule has 4 nitrogen and oxygen atoms in total. The van der Waals surface area contributed by atoms with Crippen molar-refractivity contribution in [1.29, 1.82) is 0 Å². The summed E-state index contributed by atoms with van der Waals surface area (Å²) in [4.78, 5) is 41.9. The molecule has 0 aromatic heterocycles. The lowest BCUT2D eigenvalue weighted by atomic mass is 9.72. The summed E-state index contributed by atoms with van der Waals surface area (Å²) in [6.07, 6.45) is -0.204. The van der Waals surface area contributed by atoms with Gasteiger partial charge in [0.2, 0.25) is 5.91 Å². The molecular weight excluding hydrogens is 393 g/mol. The van der Waals surface area contributed by atoms with Gasteiger partial charge in [-0.1, -0.05) is 60.7 Å². The SMILES string of the molecule is CN1C(=O)C2(CC(=O)C(C(=O)c3ccccc3)=C2c2ccccc2)c2cc(F)ccc21. The molecule has 3 aromatic rings. The van der Waals surface area contributed by atoms with Gasteiger partial charge in [0.05, 0.1) is 5.57 Å². The van der Waals surface area contributed by atoms with Crippen LogP contribution in [0.1, 0.15) is 27.9 Å². The Labute approximate surface area is 178 Å². The zero-order valence-electron chi connectivity index (χ0n) is 16.8. The fourth-order valence-corrected chi connectivity index (χ4v) is 4.81. The third-order valence-corrected chi connectivity index (χ3v) is 6.16. The molecule has 1 aliphatic carbocycles. The Morgan fingerprint density at radius 1 is 0.935 bits per heavy atom. The summed E-state index contributed by atoms with van der Waals surface area (Å²) in [5.74, 6) is -1.67. The van der Waals surface area contributed by atoms with Crippen molar-refractivity contribution in [3.8, 4) is 0 Å². The fraction of sp³-hybridized carbons (Fsp3) is 0.115. The van der Waals surface area contributed by atoms with E-state index in [1.165, 1.54) is 17.0 Å². The number of halogens is 1. The standard InChI is InChI=1S/C26H18FNO3/c1-28-20-13-12-18(27)14-19(20)26(25(28)31)15-21(29)22(23(26)16-8-4-2-5-9-16)24(30)17-10-6-3-7-11-17/h2-14H,15H2,1H3. The predicted octanol–water partition coefficient (Wildman–Crippen LogP) is 4.35. The molecule has 3 aromatic carbocycles. The van der Waals surface area contributed by atoms with Gasteiger partial charge < -0.3 is 4.90 Å². The first-order valence-electron chi connectivity index (χ1n) is 9.96. The molecule has 1 unspecified atom stereocenters. The Kier molecular flexibility index (Phi) is 4.22. The highest BCUT2D eigenvalue weighted by Gasteiger charge is 2.59. The molecule has 0 N–H and O–H groups in total. The second kappa shape index (κ2) is 6.84. The van der Waals surface area contributed by atoms with Crippen LogP contribution in [-0.4, -0.2) is 24.5 Å². The first-order valence-corrected chi connectivity index (χ1v) is 9.96.